The Kier molecular flexibility index (Phi) is 10.8. The van der Waals surface area contributed by atoms with E-state index in [9.17, 15) is 4.79 Å². The Morgan fingerprint density at radius 1 is 0.929 bits per heavy atom. The minimum Gasteiger partial charge on any atom is -0.492 e. The summed E-state index contributed by atoms with van der Waals surface area (Å²) in [5.74, 6) is 1.88. The molecule has 0 saturated carbocycles. The van der Waals surface area contributed by atoms with Crippen LogP contribution in [0.2, 0.25) is 0 Å². The fraction of sp³-hybridized carbons (Fsp3) is 0.381. The highest BCUT2D eigenvalue weighted by atomic mass is 35.5. The van der Waals surface area contributed by atoms with Crippen molar-refractivity contribution in [2.45, 2.75) is 20.4 Å². The number of amides is 1. The lowest BCUT2D eigenvalue weighted by Gasteiger charge is -2.12. The summed E-state index contributed by atoms with van der Waals surface area (Å²) in [7, 11) is 1.89. The van der Waals surface area contributed by atoms with Crippen LogP contribution in [-0.2, 0) is 6.54 Å². The van der Waals surface area contributed by atoms with E-state index in [0.717, 1.165) is 17.9 Å². The first-order valence-corrected chi connectivity index (χ1v) is 9.22. The van der Waals surface area contributed by atoms with Gasteiger partial charge in [0.15, 0.2) is 11.5 Å². The largest absolute Gasteiger partial charge is 0.492 e. The highest BCUT2D eigenvalue weighted by molar-refractivity contribution is 5.94. The summed E-state index contributed by atoms with van der Waals surface area (Å²) in [6.45, 7) is 6.71. The van der Waals surface area contributed by atoms with Crippen LogP contribution in [0.25, 0.3) is 0 Å². The highest BCUT2D eigenvalue weighted by Crippen LogP contribution is 2.28. The van der Waals surface area contributed by atoms with Crippen molar-refractivity contribution >= 4 is 18.3 Å². The van der Waals surface area contributed by atoms with Crippen molar-refractivity contribution in [3.8, 4) is 17.2 Å². The lowest BCUT2D eigenvalue weighted by atomic mass is 10.1. The molecule has 2 N–H and O–H groups in total. The van der Waals surface area contributed by atoms with E-state index in [-0.39, 0.29) is 18.3 Å². The van der Waals surface area contributed by atoms with Gasteiger partial charge in [-0.1, -0.05) is 12.1 Å². The summed E-state index contributed by atoms with van der Waals surface area (Å²) in [6.07, 6.45) is 0. The van der Waals surface area contributed by atoms with E-state index in [2.05, 4.69) is 10.6 Å². The van der Waals surface area contributed by atoms with Gasteiger partial charge in [-0.2, -0.15) is 0 Å². The van der Waals surface area contributed by atoms with Gasteiger partial charge in [-0.3, -0.25) is 4.79 Å². The number of benzene rings is 2. The van der Waals surface area contributed by atoms with Gasteiger partial charge in [0.25, 0.3) is 5.91 Å². The molecule has 0 aliphatic heterocycles. The highest BCUT2D eigenvalue weighted by Gasteiger charge is 2.11. The van der Waals surface area contributed by atoms with E-state index in [1.807, 2.05) is 45.2 Å². The summed E-state index contributed by atoms with van der Waals surface area (Å²) in [4.78, 5) is 12.4. The van der Waals surface area contributed by atoms with E-state index in [4.69, 9.17) is 14.2 Å². The fourth-order valence-electron chi connectivity index (χ4n) is 2.45. The first-order chi connectivity index (χ1) is 13.2. The monoisotopic (exact) mass is 408 g/mol. The van der Waals surface area contributed by atoms with Crippen molar-refractivity contribution in [1.82, 2.24) is 10.6 Å². The molecule has 0 saturated heterocycles. The number of nitrogens with one attached hydrogen (secondary N) is 2. The molecule has 7 heteroatoms. The molecule has 0 spiro atoms. The lowest BCUT2D eigenvalue weighted by Crippen LogP contribution is -2.22. The SMILES string of the molecule is CCOc1ccc(C(=O)NCc2ccc(OCCNC)cc2)cc1OCC.Cl. The molecule has 0 aliphatic carbocycles. The number of carbonyl (C=O) groups is 1. The Hall–Kier alpha value is -2.44. The first kappa shape index (κ1) is 23.6. The number of halogens is 1. The Labute approximate surface area is 173 Å². The molecular formula is C21H29ClN2O4. The molecule has 154 valence electrons. The van der Waals surface area contributed by atoms with Crippen molar-refractivity contribution in [1.29, 1.82) is 0 Å². The molecule has 2 aromatic carbocycles. The Morgan fingerprint density at radius 2 is 1.61 bits per heavy atom. The van der Waals surface area contributed by atoms with Gasteiger partial charge < -0.3 is 24.8 Å². The van der Waals surface area contributed by atoms with Gasteiger partial charge in [0.2, 0.25) is 0 Å². The van der Waals surface area contributed by atoms with Crippen LogP contribution in [0.1, 0.15) is 29.8 Å². The van der Waals surface area contributed by atoms with Gasteiger partial charge in [-0.05, 0) is 56.8 Å². The summed E-state index contributed by atoms with van der Waals surface area (Å²) in [6, 6.07) is 12.9. The van der Waals surface area contributed by atoms with Crippen molar-refractivity contribution in [3.05, 3.63) is 53.6 Å². The average molecular weight is 409 g/mol. The number of hydrogen-bond donors (Lipinski definition) is 2. The van der Waals surface area contributed by atoms with E-state index in [1.54, 1.807) is 18.2 Å². The molecule has 0 atom stereocenters. The molecule has 28 heavy (non-hydrogen) atoms. The third kappa shape index (κ3) is 7.29. The van der Waals surface area contributed by atoms with Crippen LogP contribution in [-0.4, -0.2) is 39.3 Å². The minimum atomic E-state index is -0.159. The summed E-state index contributed by atoms with van der Waals surface area (Å²) < 4.78 is 16.7. The molecule has 0 radical (unpaired) electrons. The van der Waals surface area contributed by atoms with Crippen molar-refractivity contribution in [2.24, 2.45) is 0 Å². The van der Waals surface area contributed by atoms with Crippen LogP contribution in [0.15, 0.2) is 42.5 Å². The minimum absolute atomic E-state index is 0. The Bertz CT molecular complexity index is 723. The zero-order valence-electron chi connectivity index (χ0n) is 16.6. The molecule has 0 fully saturated rings. The van der Waals surface area contributed by atoms with Gasteiger partial charge in [0.05, 0.1) is 13.2 Å². The second kappa shape index (κ2) is 12.9. The molecule has 0 bridgehead atoms. The predicted octanol–water partition coefficient (Wildman–Crippen LogP) is 3.43. The van der Waals surface area contributed by atoms with Crippen LogP contribution in [0.5, 0.6) is 17.2 Å². The average Bonchev–Trinajstić information content (AvgIpc) is 2.69. The van der Waals surface area contributed by atoms with Gasteiger partial charge in [-0.15, -0.1) is 12.4 Å². The van der Waals surface area contributed by atoms with E-state index in [0.29, 0.717) is 43.4 Å². The number of hydrogen-bond acceptors (Lipinski definition) is 5. The molecule has 2 aromatic rings. The molecule has 1 amide bonds. The van der Waals surface area contributed by atoms with Gasteiger partial charge >= 0.3 is 0 Å². The van der Waals surface area contributed by atoms with E-state index in [1.165, 1.54) is 0 Å². The Balaban J connectivity index is 0.00000392. The molecule has 0 aromatic heterocycles. The predicted molar refractivity (Wildman–Crippen MR) is 113 cm³/mol. The normalized spacial score (nSPS) is 9.96. The zero-order chi connectivity index (χ0) is 19.5. The van der Waals surface area contributed by atoms with Gasteiger partial charge in [-0.25, -0.2) is 0 Å². The van der Waals surface area contributed by atoms with Crippen molar-refractivity contribution in [3.63, 3.8) is 0 Å². The van der Waals surface area contributed by atoms with Gasteiger partial charge in [0.1, 0.15) is 12.4 Å². The summed E-state index contributed by atoms with van der Waals surface area (Å²) in [5, 5.41) is 5.95. The van der Waals surface area contributed by atoms with Crippen molar-refractivity contribution < 1.29 is 19.0 Å². The first-order valence-electron chi connectivity index (χ1n) is 9.22. The van der Waals surface area contributed by atoms with Crippen molar-refractivity contribution in [2.75, 3.05) is 33.4 Å². The maximum atomic E-state index is 12.4. The third-order valence-corrected chi connectivity index (χ3v) is 3.80. The second-order valence-corrected chi connectivity index (χ2v) is 5.81. The third-order valence-electron chi connectivity index (χ3n) is 3.80. The number of likely N-dealkylation sites (N-methyl/N-ethyl adjacent to an activating group) is 1. The smallest absolute Gasteiger partial charge is 0.251 e. The molecule has 2 rings (SSSR count). The van der Waals surface area contributed by atoms with Gasteiger partial charge in [0, 0.05) is 18.7 Å². The summed E-state index contributed by atoms with van der Waals surface area (Å²) in [5.41, 5.74) is 1.54. The molecule has 0 aliphatic rings. The molecular weight excluding hydrogens is 380 g/mol. The quantitative estimate of drug-likeness (QED) is 0.557. The van der Waals surface area contributed by atoms with Crippen LogP contribution in [0.4, 0.5) is 0 Å². The van der Waals surface area contributed by atoms with Crippen LogP contribution < -0.4 is 24.8 Å². The maximum Gasteiger partial charge on any atom is 0.251 e. The molecule has 6 nitrogen and oxygen atoms in total. The van der Waals surface area contributed by atoms with Crippen LogP contribution >= 0.6 is 12.4 Å². The van der Waals surface area contributed by atoms with E-state index < -0.39 is 0 Å². The van der Waals surface area contributed by atoms with Crippen LogP contribution in [0, 0.1) is 0 Å². The number of rotatable bonds is 11. The topological polar surface area (TPSA) is 68.8 Å². The fourth-order valence-corrected chi connectivity index (χ4v) is 2.45. The molecule has 0 unspecified atom stereocenters. The molecule has 0 heterocycles. The maximum absolute atomic E-state index is 12.4. The number of carbonyl (C=O) groups excluding carboxylic acids is 1. The zero-order valence-corrected chi connectivity index (χ0v) is 17.4. The second-order valence-electron chi connectivity index (χ2n) is 5.81. The standard InChI is InChI=1S/C21H28N2O4.ClH/c1-4-25-19-11-8-17(14-20(19)26-5-2)21(24)23-15-16-6-9-18(10-7-16)27-13-12-22-3;/h6-11,14,22H,4-5,12-13,15H2,1-3H3,(H,23,24);1H. The Morgan fingerprint density at radius 3 is 2.25 bits per heavy atom. The van der Waals surface area contributed by atoms with E-state index >= 15 is 0 Å². The number of ether oxygens (including phenoxy) is 3. The summed E-state index contributed by atoms with van der Waals surface area (Å²) >= 11 is 0. The van der Waals surface area contributed by atoms with Crippen LogP contribution in [0.3, 0.4) is 0 Å². The lowest BCUT2D eigenvalue weighted by molar-refractivity contribution is 0.0950.